The minimum absolute atomic E-state index is 0. The van der Waals surface area contributed by atoms with Crippen LogP contribution in [0, 0.1) is 6.92 Å². The molecule has 0 aliphatic carbocycles. The van der Waals surface area contributed by atoms with Crippen molar-refractivity contribution in [3.8, 4) is 0 Å². The number of aromatic nitrogens is 1. The molecule has 56 valence electrons. The van der Waals surface area contributed by atoms with E-state index in [4.69, 9.17) is 5.11 Å². The van der Waals surface area contributed by atoms with E-state index >= 15 is 0 Å². The molecule has 0 radical (unpaired) electrons. The first-order valence-electron chi connectivity index (χ1n) is 2.85. The minimum atomic E-state index is 0. The van der Waals surface area contributed by atoms with Crippen molar-refractivity contribution in [1.82, 2.24) is 4.98 Å². The van der Waals surface area contributed by atoms with Crippen molar-refractivity contribution in [3.63, 3.8) is 0 Å². The summed E-state index contributed by atoms with van der Waals surface area (Å²) < 4.78 is 0. The van der Waals surface area contributed by atoms with Gasteiger partial charge in [-0.15, -0.1) is 12.4 Å². The van der Waals surface area contributed by atoms with Gasteiger partial charge in [-0.3, -0.25) is 4.98 Å². The van der Waals surface area contributed by atoms with Gasteiger partial charge in [0.05, 0.1) is 12.3 Å². The van der Waals surface area contributed by atoms with E-state index in [0.29, 0.717) is 0 Å². The van der Waals surface area contributed by atoms with Crippen LogP contribution in [0.3, 0.4) is 0 Å². The smallest absolute Gasteiger partial charge is 0.0853 e. The average Bonchev–Trinajstić information content (AvgIpc) is 1.88. The van der Waals surface area contributed by atoms with Gasteiger partial charge in [-0.2, -0.15) is 0 Å². The van der Waals surface area contributed by atoms with Crippen LogP contribution in [-0.2, 0) is 6.61 Å². The van der Waals surface area contributed by atoms with E-state index in [1.54, 1.807) is 6.20 Å². The van der Waals surface area contributed by atoms with Gasteiger partial charge in [0.1, 0.15) is 0 Å². The standard InChI is InChI=1S/C7H9NO.ClH/c1-6-2-3-8-7(4-6)5-9;/h2-4,9H,5H2,1H3;1H. The summed E-state index contributed by atoms with van der Waals surface area (Å²) in [5.41, 5.74) is 1.86. The molecule has 3 heteroatoms. The van der Waals surface area contributed by atoms with E-state index < -0.39 is 0 Å². The van der Waals surface area contributed by atoms with Gasteiger partial charge in [-0.05, 0) is 24.6 Å². The van der Waals surface area contributed by atoms with E-state index in [-0.39, 0.29) is 19.0 Å². The van der Waals surface area contributed by atoms with Crippen LogP contribution in [0.25, 0.3) is 0 Å². The zero-order valence-electron chi connectivity index (χ0n) is 5.74. The Bertz CT molecular complexity index is 203. The molecular weight excluding hydrogens is 150 g/mol. The van der Waals surface area contributed by atoms with Crippen LogP contribution in [0.4, 0.5) is 0 Å². The van der Waals surface area contributed by atoms with Gasteiger partial charge in [0, 0.05) is 6.20 Å². The maximum atomic E-state index is 8.60. The van der Waals surface area contributed by atoms with Crippen LogP contribution in [0.5, 0.6) is 0 Å². The molecule has 0 saturated carbocycles. The van der Waals surface area contributed by atoms with Crippen molar-refractivity contribution < 1.29 is 5.11 Å². The molecule has 10 heavy (non-hydrogen) atoms. The number of hydrogen-bond acceptors (Lipinski definition) is 2. The predicted molar refractivity (Wildman–Crippen MR) is 42.1 cm³/mol. The summed E-state index contributed by atoms with van der Waals surface area (Å²) in [6.07, 6.45) is 1.70. The highest BCUT2D eigenvalue weighted by molar-refractivity contribution is 5.85. The normalized spacial score (nSPS) is 8.60. The number of halogens is 1. The van der Waals surface area contributed by atoms with Crippen molar-refractivity contribution in [2.45, 2.75) is 13.5 Å². The summed E-state index contributed by atoms with van der Waals surface area (Å²) in [7, 11) is 0. The third kappa shape index (κ3) is 2.33. The zero-order valence-corrected chi connectivity index (χ0v) is 6.56. The van der Waals surface area contributed by atoms with Gasteiger partial charge in [0.25, 0.3) is 0 Å². The van der Waals surface area contributed by atoms with Gasteiger partial charge < -0.3 is 5.11 Å². The molecule has 0 spiro atoms. The minimum Gasteiger partial charge on any atom is -0.390 e. The maximum absolute atomic E-state index is 8.60. The Morgan fingerprint density at radius 2 is 2.30 bits per heavy atom. The van der Waals surface area contributed by atoms with Crippen LogP contribution in [-0.4, -0.2) is 10.1 Å². The molecule has 0 bridgehead atoms. The van der Waals surface area contributed by atoms with Crippen LogP contribution >= 0.6 is 12.4 Å². The quantitative estimate of drug-likeness (QED) is 0.670. The number of aliphatic hydroxyl groups excluding tert-OH is 1. The molecule has 0 unspecified atom stereocenters. The topological polar surface area (TPSA) is 33.1 Å². The lowest BCUT2D eigenvalue weighted by Crippen LogP contribution is -1.87. The first-order chi connectivity index (χ1) is 4.33. The molecule has 0 amide bonds. The van der Waals surface area contributed by atoms with Crippen LogP contribution in [0.15, 0.2) is 18.3 Å². The Hall–Kier alpha value is -0.600. The van der Waals surface area contributed by atoms with Gasteiger partial charge >= 0.3 is 0 Å². The molecule has 1 aromatic heterocycles. The molecule has 0 atom stereocenters. The van der Waals surface area contributed by atoms with Crippen molar-refractivity contribution in [1.29, 1.82) is 0 Å². The summed E-state index contributed by atoms with van der Waals surface area (Å²) in [5, 5.41) is 8.60. The lowest BCUT2D eigenvalue weighted by Gasteiger charge is -1.93. The fourth-order valence-corrected chi connectivity index (χ4v) is 0.685. The second kappa shape index (κ2) is 4.25. The summed E-state index contributed by atoms with van der Waals surface area (Å²) in [6.45, 7) is 2.00. The van der Waals surface area contributed by atoms with E-state index in [1.807, 2.05) is 19.1 Å². The lowest BCUT2D eigenvalue weighted by atomic mass is 10.2. The first-order valence-corrected chi connectivity index (χ1v) is 2.85. The second-order valence-corrected chi connectivity index (χ2v) is 1.98. The highest BCUT2D eigenvalue weighted by atomic mass is 35.5. The third-order valence-electron chi connectivity index (χ3n) is 1.13. The number of aliphatic hydroxyl groups is 1. The number of pyridine rings is 1. The highest BCUT2D eigenvalue weighted by Crippen LogP contribution is 1.98. The third-order valence-corrected chi connectivity index (χ3v) is 1.13. The summed E-state index contributed by atoms with van der Waals surface area (Å²) in [6, 6.07) is 3.76. The van der Waals surface area contributed by atoms with E-state index in [1.165, 1.54) is 0 Å². The molecule has 0 aromatic carbocycles. The molecule has 1 rings (SSSR count). The number of nitrogens with zero attached hydrogens (tertiary/aromatic N) is 1. The highest BCUT2D eigenvalue weighted by Gasteiger charge is 1.88. The second-order valence-electron chi connectivity index (χ2n) is 1.98. The Kier molecular flexibility index (Phi) is 4.00. The van der Waals surface area contributed by atoms with Crippen LogP contribution in [0.2, 0.25) is 0 Å². The summed E-state index contributed by atoms with van der Waals surface area (Å²) in [5.74, 6) is 0. The predicted octanol–water partition coefficient (Wildman–Crippen LogP) is 1.30. The van der Waals surface area contributed by atoms with Crippen LogP contribution < -0.4 is 0 Å². The fourth-order valence-electron chi connectivity index (χ4n) is 0.685. The number of rotatable bonds is 1. The van der Waals surface area contributed by atoms with E-state index in [0.717, 1.165) is 11.3 Å². The fraction of sp³-hybridized carbons (Fsp3) is 0.286. The van der Waals surface area contributed by atoms with E-state index in [9.17, 15) is 0 Å². The number of hydrogen-bond donors (Lipinski definition) is 1. The molecular formula is C7H10ClNO. The van der Waals surface area contributed by atoms with Gasteiger partial charge in [-0.1, -0.05) is 0 Å². The van der Waals surface area contributed by atoms with Crippen molar-refractivity contribution >= 4 is 12.4 Å². The van der Waals surface area contributed by atoms with Crippen molar-refractivity contribution in [2.75, 3.05) is 0 Å². The Balaban J connectivity index is 0.000000810. The Morgan fingerprint density at radius 1 is 1.60 bits per heavy atom. The molecule has 0 aliphatic heterocycles. The summed E-state index contributed by atoms with van der Waals surface area (Å²) >= 11 is 0. The average molecular weight is 160 g/mol. The lowest BCUT2D eigenvalue weighted by molar-refractivity contribution is 0.277. The summed E-state index contributed by atoms with van der Waals surface area (Å²) in [4.78, 5) is 3.91. The maximum Gasteiger partial charge on any atom is 0.0853 e. The SMILES string of the molecule is Cc1ccnc(CO)c1.Cl. The van der Waals surface area contributed by atoms with E-state index in [2.05, 4.69) is 4.98 Å². The molecule has 1 aromatic rings. The van der Waals surface area contributed by atoms with Gasteiger partial charge in [0.15, 0.2) is 0 Å². The Labute approximate surface area is 66.3 Å². The molecule has 1 N–H and O–H groups in total. The largest absolute Gasteiger partial charge is 0.390 e. The molecule has 2 nitrogen and oxygen atoms in total. The monoisotopic (exact) mass is 159 g/mol. The van der Waals surface area contributed by atoms with Gasteiger partial charge in [-0.25, -0.2) is 0 Å². The first kappa shape index (κ1) is 9.40. The molecule has 1 heterocycles. The van der Waals surface area contributed by atoms with Gasteiger partial charge in [0.2, 0.25) is 0 Å². The molecule has 0 fully saturated rings. The molecule has 0 saturated heterocycles. The molecule has 0 aliphatic rings. The van der Waals surface area contributed by atoms with Crippen LogP contribution in [0.1, 0.15) is 11.3 Å². The Morgan fingerprint density at radius 3 is 2.70 bits per heavy atom. The zero-order chi connectivity index (χ0) is 6.69. The van der Waals surface area contributed by atoms with Crippen molar-refractivity contribution in [3.05, 3.63) is 29.6 Å². The number of aryl methyl sites for hydroxylation is 1. The van der Waals surface area contributed by atoms with Crippen molar-refractivity contribution in [2.24, 2.45) is 0 Å².